The maximum Gasteiger partial charge on any atom is 0.318 e. The van der Waals surface area contributed by atoms with Gasteiger partial charge in [0.05, 0.1) is 12.1 Å². The molecule has 2 aromatic carbocycles. The van der Waals surface area contributed by atoms with Gasteiger partial charge in [0.1, 0.15) is 0 Å². The van der Waals surface area contributed by atoms with Crippen LogP contribution in [0.1, 0.15) is 30.9 Å². The van der Waals surface area contributed by atoms with E-state index in [1.54, 1.807) is 4.90 Å². The van der Waals surface area contributed by atoms with Gasteiger partial charge in [0.25, 0.3) is 0 Å². The lowest BCUT2D eigenvalue weighted by atomic mass is 10.1. The van der Waals surface area contributed by atoms with Crippen LogP contribution in [0.2, 0.25) is 0 Å². The van der Waals surface area contributed by atoms with Crippen LogP contribution in [0.15, 0.2) is 60.7 Å². The highest BCUT2D eigenvalue weighted by Crippen LogP contribution is 2.32. The number of hydrogen-bond acceptors (Lipinski definition) is 2. The first-order chi connectivity index (χ1) is 12.7. The third-order valence-electron chi connectivity index (χ3n) is 5.22. The molecule has 2 heterocycles. The molecule has 3 amide bonds. The quantitative estimate of drug-likeness (QED) is 0.924. The number of nitrogens with zero attached hydrogens (tertiary/aromatic N) is 2. The molecule has 4 rings (SSSR count). The summed E-state index contributed by atoms with van der Waals surface area (Å²) in [6, 6.07) is 19.7. The number of benzene rings is 2. The van der Waals surface area contributed by atoms with Gasteiger partial charge >= 0.3 is 6.03 Å². The van der Waals surface area contributed by atoms with Crippen LogP contribution in [-0.2, 0) is 4.79 Å². The van der Waals surface area contributed by atoms with Gasteiger partial charge in [0, 0.05) is 25.2 Å². The highest BCUT2D eigenvalue weighted by atomic mass is 16.2. The number of likely N-dealkylation sites (tertiary alicyclic amines) is 1. The first-order valence-electron chi connectivity index (χ1n) is 9.20. The highest BCUT2D eigenvalue weighted by Gasteiger charge is 2.35. The Morgan fingerprint density at radius 1 is 1.00 bits per heavy atom. The zero-order valence-electron chi connectivity index (χ0n) is 14.7. The Morgan fingerprint density at radius 3 is 2.42 bits per heavy atom. The zero-order valence-corrected chi connectivity index (χ0v) is 14.7. The summed E-state index contributed by atoms with van der Waals surface area (Å²) in [5, 5.41) is 3.08. The second-order valence-corrected chi connectivity index (χ2v) is 6.95. The summed E-state index contributed by atoms with van der Waals surface area (Å²) >= 11 is 0. The van der Waals surface area contributed by atoms with Gasteiger partial charge in [-0.3, -0.25) is 4.79 Å². The lowest BCUT2D eigenvalue weighted by molar-refractivity contribution is -0.117. The highest BCUT2D eigenvalue weighted by molar-refractivity contribution is 5.96. The molecule has 0 bridgehead atoms. The van der Waals surface area contributed by atoms with Crippen LogP contribution in [0.3, 0.4) is 0 Å². The summed E-state index contributed by atoms with van der Waals surface area (Å²) in [4.78, 5) is 28.8. The SMILES string of the molecule is O=C1C[C@H](NC(=O)N2CCC[C@@H]2c2ccccc2)CN1c1ccccc1. The van der Waals surface area contributed by atoms with E-state index in [0.717, 1.165) is 25.1 Å². The van der Waals surface area contributed by atoms with Crippen molar-refractivity contribution in [1.29, 1.82) is 0 Å². The lowest BCUT2D eigenvalue weighted by Gasteiger charge is -2.27. The fourth-order valence-corrected chi connectivity index (χ4v) is 3.95. The van der Waals surface area contributed by atoms with Gasteiger partial charge in [0.15, 0.2) is 0 Å². The maximum absolute atomic E-state index is 12.8. The number of rotatable bonds is 3. The van der Waals surface area contributed by atoms with E-state index in [9.17, 15) is 9.59 Å². The maximum atomic E-state index is 12.8. The molecule has 2 aliphatic rings. The second-order valence-electron chi connectivity index (χ2n) is 6.95. The molecule has 2 fully saturated rings. The number of amides is 3. The van der Waals surface area contributed by atoms with Crippen molar-refractivity contribution in [1.82, 2.24) is 10.2 Å². The van der Waals surface area contributed by atoms with E-state index >= 15 is 0 Å². The second kappa shape index (κ2) is 7.20. The Balaban J connectivity index is 1.41. The van der Waals surface area contributed by atoms with Crippen molar-refractivity contribution < 1.29 is 9.59 Å². The molecular weight excluding hydrogens is 326 g/mol. The van der Waals surface area contributed by atoms with Crippen molar-refractivity contribution in [3.05, 3.63) is 66.2 Å². The van der Waals surface area contributed by atoms with Crippen LogP contribution in [0, 0.1) is 0 Å². The van der Waals surface area contributed by atoms with Gasteiger partial charge in [-0.1, -0.05) is 48.5 Å². The molecule has 5 nitrogen and oxygen atoms in total. The monoisotopic (exact) mass is 349 g/mol. The number of urea groups is 1. The van der Waals surface area contributed by atoms with Gasteiger partial charge in [-0.25, -0.2) is 4.79 Å². The standard InChI is InChI=1S/C21H23N3O2/c25-20-14-17(15-24(20)18-10-5-2-6-11-18)22-21(26)23-13-7-12-19(23)16-8-3-1-4-9-16/h1-6,8-11,17,19H,7,12-15H2,(H,22,26)/t17-,19+/m0/s1. The Kier molecular flexibility index (Phi) is 4.61. The van der Waals surface area contributed by atoms with Crippen molar-refractivity contribution >= 4 is 17.6 Å². The summed E-state index contributed by atoms with van der Waals surface area (Å²) in [6.45, 7) is 1.28. The molecule has 0 radical (unpaired) electrons. The van der Waals surface area contributed by atoms with Crippen LogP contribution in [0.5, 0.6) is 0 Å². The first-order valence-corrected chi connectivity index (χ1v) is 9.20. The average Bonchev–Trinajstić information content (AvgIpc) is 3.30. The third-order valence-corrected chi connectivity index (χ3v) is 5.22. The molecule has 1 N–H and O–H groups in total. The number of nitrogens with one attached hydrogen (secondary N) is 1. The molecule has 2 aliphatic heterocycles. The van der Waals surface area contributed by atoms with Crippen molar-refractivity contribution in [2.24, 2.45) is 0 Å². The van der Waals surface area contributed by atoms with Crippen molar-refractivity contribution in [2.45, 2.75) is 31.3 Å². The third kappa shape index (κ3) is 3.29. The predicted octanol–water partition coefficient (Wildman–Crippen LogP) is 3.34. The van der Waals surface area contributed by atoms with E-state index in [-0.39, 0.29) is 24.0 Å². The number of carbonyl (C=O) groups is 2. The minimum absolute atomic E-state index is 0.0579. The van der Waals surface area contributed by atoms with Gasteiger partial charge in [-0.2, -0.15) is 0 Å². The molecule has 0 unspecified atom stereocenters. The molecule has 0 saturated carbocycles. The fourth-order valence-electron chi connectivity index (χ4n) is 3.95. The summed E-state index contributed by atoms with van der Waals surface area (Å²) in [5.74, 6) is 0.0579. The number of para-hydroxylation sites is 1. The Morgan fingerprint density at radius 2 is 1.69 bits per heavy atom. The van der Waals surface area contributed by atoms with Crippen LogP contribution < -0.4 is 10.2 Å². The summed E-state index contributed by atoms with van der Waals surface area (Å²) in [6.07, 6.45) is 2.34. The van der Waals surface area contributed by atoms with Crippen LogP contribution in [0.4, 0.5) is 10.5 Å². The Hall–Kier alpha value is -2.82. The van der Waals surface area contributed by atoms with Crippen LogP contribution in [-0.4, -0.2) is 36.0 Å². The van der Waals surface area contributed by atoms with E-state index in [4.69, 9.17) is 0 Å². The molecule has 2 aromatic rings. The zero-order chi connectivity index (χ0) is 17.9. The van der Waals surface area contributed by atoms with Crippen molar-refractivity contribution in [2.75, 3.05) is 18.0 Å². The molecule has 2 saturated heterocycles. The number of hydrogen-bond donors (Lipinski definition) is 1. The van der Waals surface area contributed by atoms with Gasteiger partial charge in [-0.15, -0.1) is 0 Å². The summed E-state index contributed by atoms with van der Waals surface area (Å²) in [5.41, 5.74) is 2.06. The summed E-state index contributed by atoms with van der Waals surface area (Å²) in [7, 11) is 0. The van der Waals surface area contributed by atoms with E-state index in [1.165, 1.54) is 5.56 Å². The minimum Gasteiger partial charge on any atom is -0.333 e. The normalized spacial score (nSPS) is 22.7. The lowest BCUT2D eigenvalue weighted by Crippen LogP contribution is -2.45. The van der Waals surface area contributed by atoms with E-state index in [1.807, 2.05) is 53.4 Å². The smallest absolute Gasteiger partial charge is 0.318 e. The molecule has 0 aromatic heterocycles. The van der Waals surface area contributed by atoms with Crippen molar-refractivity contribution in [3.63, 3.8) is 0 Å². The molecule has 134 valence electrons. The molecule has 0 spiro atoms. The number of anilines is 1. The molecule has 26 heavy (non-hydrogen) atoms. The number of carbonyl (C=O) groups excluding carboxylic acids is 2. The van der Waals surface area contributed by atoms with Crippen LogP contribution in [0.25, 0.3) is 0 Å². The van der Waals surface area contributed by atoms with E-state index < -0.39 is 0 Å². The fraction of sp³-hybridized carbons (Fsp3) is 0.333. The van der Waals surface area contributed by atoms with E-state index in [0.29, 0.717) is 13.0 Å². The Labute approximate surface area is 153 Å². The topological polar surface area (TPSA) is 52.7 Å². The van der Waals surface area contributed by atoms with Gasteiger partial charge < -0.3 is 15.1 Å². The Bertz CT molecular complexity index is 778. The first kappa shape index (κ1) is 16.6. The predicted molar refractivity (Wildman–Crippen MR) is 101 cm³/mol. The summed E-state index contributed by atoms with van der Waals surface area (Å²) < 4.78 is 0. The van der Waals surface area contributed by atoms with Crippen molar-refractivity contribution in [3.8, 4) is 0 Å². The molecule has 2 atom stereocenters. The van der Waals surface area contributed by atoms with Gasteiger partial charge in [-0.05, 0) is 30.5 Å². The molecule has 5 heteroatoms. The minimum atomic E-state index is -0.146. The average molecular weight is 349 g/mol. The van der Waals surface area contributed by atoms with Crippen LogP contribution >= 0.6 is 0 Å². The molecule has 0 aliphatic carbocycles. The van der Waals surface area contributed by atoms with Gasteiger partial charge in [0.2, 0.25) is 5.91 Å². The van der Waals surface area contributed by atoms with E-state index in [2.05, 4.69) is 17.4 Å². The largest absolute Gasteiger partial charge is 0.333 e. The molecular formula is C21H23N3O2.